The van der Waals surface area contributed by atoms with Gasteiger partial charge in [-0.25, -0.2) is 9.59 Å². The molecule has 0 radical (unpaired) electrons. The maximum absolute atomic E-state index is 11.6. The lowest BCUT2D eigenvalue weighted by atomic mass is 9.99. The Morgan fingerprint density at radius 3 is 2.28 bits per heavy atom. The second-order valence-electron chi connectivity index (χ2n) is 7.16. The number of benzene rings is 3. The molecular weight excluding hydrogens is 370 g/mol. The standard InChI is InChI=1S/C23H19NO5/c1-12-3-4-14(7-13(12)2)8-15-5-6-18-19(9-15)29-20-11-16(22(25)26)10-17(23(27)28)21(20)24-18/h3-7,9-11,24H,8H2,1-2H3,(H,25,26)(H,27,28). The highest BCUT2D eigenvalue weighted by Gasteiger charge is 2.25. The van der Waals surface area contributed by atoms with Gasteiger partial charge in [0, 0.05) is 0 Å². The number of carboxylic acid groups (broad SMARTS) is 2. The minimum atomic E-state index is -1.23. The number of fused-ring (bicyclic) bond motifs is 2. The molecule has 0 bridgehead atoms. The smallest absolute Gasteiger partial charge is 0.337 e. The Kier molecular flexibility index (Phi) is 4.47. The lowest BCUT2D eigenvalue weighted by molar-refractivity contribution is 0.0696. The second-order valence-corrected chi connectivity index (χ2v) is 7.16. The first kappa shape index (κ1) is 18.6. The summed E-state index contributed by atoms with van der Waals surface area (Å²) in [4.78, 5) is 22.9. The average molecular weight is 389 g/mol. The fraction of sp³-hybridized carbons (Fsp3) is 0.130. The zero-order valence-corrected chi connectivity index (χ0v) is 15.9. The van der Waals surface area contributed by atoms with Crippen molar-refractivity contribution in [1.82, 2.24) is 0 Å². The molecule has 1 aliphatic heterocycles. The molecule has 0 amide bonds. The van der Waals surface area contributed by atoms with Crippen molar-refractivity contribution in [2.45, 2.75) is 20.3 Å². The fourth-order valence-electron chi connectivity index (χ4n) is 3.38. The van der Waals surface area contributed by atoms with Gasteiger partial charge in [-0.2, -0.15) is 0 Å². The summed E-state index contributed by atoms with van der Waals surface area (Å²) >= 11 is 0. The zero-order valence-electron chi connectivity index (χ0n) is 15.9. The van der Waals surface area contributed by atoms with Gasteiger partial charge in [0.05, 0.1) is 22.5 Å². The number of ether oxygens (including phenoxy) is 1. The van der Waals surface area contributed by atoms with E-state index in [1.54, 1.807) is 0 Å². The number of aromatic carboxylic acids is 2. The summed E-state index contributed by atoms with van der Waals surface area (Å²) in [5.41, 5.74) is 5.27. The quantitative estimate of drug-likeness (QED) is 0.447. The van der Waals surface area contributed by atoms with Gasteiger partial charge in [0.15, 0.2) is 11.5 Å². The van der Waals surface area contributed by atoms with Crippen LogP contribution in [-0.4, -0.2) is 22.2 Å². The van der Waals surface area contributed by atoms with E-state index in [1.165, 1.54) is 22.8 Å². The van der Waals surface area contributed by atoms with Gasteiger partial charge in [-0.1, -0.05) is 24.3 Å². The van der Waals surface area contributed by atoms with Crippen molar-refractivity contribution < 1.29 is 24.5 Å². The highest BCUT2D eigenvalue weighted by atomic mass is 16.5. The van der Waals surface area contributed by atoms with E-state index in [1.807, 2.05) is 18.2 Å². The Labute approximate surface area is 167 Å². The molecule has 3 N–H and O–H groups in total. The molecule has 6 heteroatoms. The first-order chi connectivity index (χ1) is 13.8. The molecule has 0 aliphatic carbocycles. The second kappa shape index (κ2) is 6.98. The summed E-state index contributed by atoms with van der Waals surface area (Å²) in [6.45, 7) is 4.15. The van der Waals surface area contributed by atoms with Crippen LogP contribution in [0.25, 0.3) is 0 Å². The molecule has 1 aliphatic rings. The molecule has 3 aromatic rings. The van der Waals surface area contributed by atoms with E-state index >= 15 is 0 Å². The molecule has 0 saturated carbocycles. The Morgan fingerprint density at radius 2 is 1.59 bits per heavy atom. The Hall–Kier alpha value is -3.80. The molecule has 0 unspecified atom stereocenters. The topological polar surface area (TPSA) is 95.9 Å². The molecule has 6 nitrogen and oxygen atoms in total. The molecular formula is C23H19NO5. The third kappa shape index (κ3) is 3.52. The van der Waals surface area contributed by atoms with Crippen molar-refractivity contribution in [3.8, 4) is 11.5 Å². The van der Waals surface area contributed by atoms with Crippen LogP contribution in [0.2, 0.25) is 0 Å². The largest absolute Gasteiger partial charge is 0.478 e. The van der Waals surface area contributed by atoms with E-state index in [9.17, 15) is 19.8 Å². The fourth-order valence-corrected chi connectivity index (χ4v) is 3.38. The number of nitrogens with one attached hydrogen (secondary N) is 1. The lowest BCUT2D eigenvalue weighted by Gasteiger charge is -2.24. The van der Waals surface area contributed by atoms with Gasteiger partial charge in [-0.15, -0.1) is 0 Å². The van der Waals surface area contributed by atoms with Crippen molar-refractivity contribution in [3.05, 3.63) is 81.9 Å². The van der Waals surface area contributed by atoms with E-state index in [-0.39, 0.29) is 22.6 Å². The summed E-state index contributed by atoms with van der Waals surface area (Å²) in [6.07, 6.45) is 0.722. The molecule has 146 valence electrons. The number of carboxylic acids is 2. The number of rotatable bonds is 4. The molecule has 29 heavy (non-hydrogen) atoms. The highest BCUT2D eigenvalue weighted by Crippen LogP contribution is 2.44. The zero-order chi connectivity index (χ0) is 20.7. The van der Waals surface area contributed by atoms with Crippen molar-refractivity contribution in [3.63, 3.8) is 0 Å². The molecule has 0 fully saturated rings. The molecule has 0 saturated heterocycles. The van der Waals surface area contributed by atoms with Crippen LogP contribution in [0.15, 0.2) is 48.5 Å². The van der Waals surface area contributed by atoms with Crippen molar-refractivity contribution in [2.24, 2.45) is 0 Å². The first-order valence-electron chi connectivity index (χ1n) is 9.10. The maximum atomic E-state index is 11.6. The predicted octanol–water partition coefficient (Wildman–Crippen LogP) is 5.14. The van der Waals surface area contributed by atoms with Crippen LogP contribution in [0.4, 0.5) is 11.4 Å². The predicted molar refractivity (Wildman–Crippen MR) is 109 cm³/mol. The van der Waals surface area contributed by atoms with Gasteiger partial charge < -0.3 is 20.3 Å². The van der Waals surface area contributed by atoms with Crippen LogP contribution < -0.4 is 10.1 Å². The summed E-state index contributed by atoms with van der Waals surface area (Å²) < 4.78 is 5.89. The van der Waals surface area contributed by atoms with Crippen LogP contribution in [0.3, 0.4) is 0 Å². The molecule has 3 aromatic carbocycles. The van der Waals surface area contributed by atoms with Crippen LogP contribution >= 0.6 is 0 Å². The summed E-state index contributed by atoms with van der Waals surface area (Å²) in [7, 11) is 0. The molecule has 0 aromatic heterocycles. The van der Waals surface area contributed by atoms with Crippen molar-refractivity contribution >= 4 is 23.3 Å². The molecule has 4 rings (SSSR count). The van der Waals surface area contributed by atoms with Gasteiger partial charge in [0.1, 0.15) is 0 Å². The normalized spacial score (nSPS) is 11.7. The summed E-state index contributed by atoms with van der Waals surface area (Å²) in [6, 6.07) is 14.5. The third-order valence-electron chi connectivity index (χ3n) is 5.08. The molecule has 1 heterocycles. The minimum Gasteiger partial charge on any atom is -0.478 e. The minimum absolute atomic E-state index is 0.141. The number of hydrogen-bond donors (Lipinski definition) is 3. The van der Waals surface area contributed by atoms with Gasteiger partial charge >= 0.3 is 11.9 Å². The Morgan fingerprint density at radius 1 is 0.862 bits per heavy atom. The number of hydrogen-bond acceptors (Lipinski definition) is 4. The van der Waals surface area contributed by atoms with Crippen LogP contribution in [0, 0.1) is 13.8 Å². The first-order valence-corrected chi connectivity index (χ1v) is 9.10. The van der Waals surface area contributed by atoms with Crippen molar-refractivity contribution in [1.29, 1.82) is 0 Å². The van der Waals surface area contributed by atoms with Crippen LogP contribution in [-0.2, 0) is 6.42 Å². The summed E-state index contributed by atoms with van der Waals surface area (Å²) in [5, 5.41) is 21.8. The van der Waals surface area contributed by atoms with Gasteiger partial charge in [-0.3, -0.25) is 0 Å². The number of carbonyl (C=O) groups is 2. The average Bonchev–Trinajstić information content (AvgIpc) is 2.68. The van der Waals surface area contributed by atoms with Gasteiger partial charge in [-0.05, 0) is 66.8 Å². The SMILES string of the molecule is Cc1ccc(Cc2ccc3c(c2)Oc2cc(C(=O)O)cc(C(=O)O)c2N3)cc1C. The highest BCUT2D eigenvalue weighted by molar-refractivity contribution is 6.02. The molecule has 0 spiro atoms. The van der Waals surface area contributed by atoms with E-state index in [2.05, 4.69) is 37.4 Å². The molecule has 0 atom stereocenters. The van der Waals surface area contributed by atoms with E-state index in [4.69, 9.17) is 4.74 Å². The van der Waals surface area contributed by atoms with E-state index < -0.39 is 11.9 Å². The Balaban J connectivity index is 1.68. The number of anilines is 2. The van der Waals surface area contributed by atoms with Gasteiger partial charge in [0.25, 0.3) is 0 Å². The van der Waals surface area contributed by atoms with Gasteiger partial charge in [0.2, 0.25) is 0 Å². The lowest BCUT2D eigenvalue weighted by Crippen LogP contribution is -2.11. The van der Waals surface area contributed by atoms with E-state index in [0.717, 1.165) is 18.1 Å². The third-order valence-corrected chi connectivity index (χ3v) is 5.08. The maximum Gasteiger partial charge on any atom is 0.337 e. The van der Waals surface area contributed by atoms with Crippen molar-refractivity contribution in [2.75, 3.05) is 5.32 Å². The Bertz CT molecular complexity index is 1170. The number of aryl methyl sites for hydroxylation is 2. The monoisotopic (exact) mass is 389 g/mol. The van der Waals surface area contributed by atoms with Crippen LogP contribution in [0.5, 0.6) is 11.5 Å². The van der Waals surface area contributed by atoms with E-state index in [0.29, 0.717) is 11.4 Å². The van der Waals surface area contributed by atoms with Crippen LogP contribution in [0.1, 0.15) is 43.0 Å². The summed E-state index contributed by atoms with van der Waals surface area (Å²) in [5.74, 6) is -1.74.